The molecule has 6 nitrogen and oxygen atoms in total. The number of halogens is 1. The summed E-state index contributed by atoms with van der Waals surface area (Å²) in [4.78, 5) is 12.5. The Morgan fingerprint density at radius 3 is 2.71 bits per heavy atom. The highest BCUT2D eigenvalue weighted by Crippen LogP contribution is 2.36. The van der Waals surface area contributed by atoms with Crippen molar-refractivity contribution < 1.29 is 14.6 Å². The van der Waals surface area contributed by atoms with Gasteiger partial charge in [-0.05, 0) is 66.5 Å². The lowest BCUT2D eigenvalue weighted by Crippen LogP contribution is -2.15. The van der Waals surface area contributed by atoms with E-state index in [9.17, 15) is 15.2 Å². The molecule has 1 aromatic heterocycles. The summed E-state index contributed by atoms with van der Waals surface area (Å²) in [5.41, 5.74) is 1.83. The fraction of sp³-hybridized carbons (Fsp3) is 0.235. The molecule has 124 valence electrons. The van der Waals surface area contributed by atoms with Crippen molar-refractivity contribution in [1.82, 2.24) is 9.78 Å². The predicted octanol–water partition coefficient (Wildman–Crippen LogP) is 3.61. The Kier molecular flexibility index (Phi) is 5.42. The van der Waals surface area contributed by atoms with Crippen LogP contribution in [0.2, 0.25) is 0 Å². The Morgan fingerprint density at radius 1 is 1.46 bits per heavy atom. The van der Waals surface area contributed by atoms with Gasteiger partial charge in [0, 0.05) is 5.69 Å². The number of nitriles is 1. The molecule has 7 heteroatoms. The van der Waals surface area contributed by atoms with Gasteiger partial charge in [-0.15, -0.1) is 0 Å². The maximum atomic E-state index is 12.5. The first-order valence-corrected chi connectivity index (χ1v) is 8.01. The maximum Gasteiger partial charge on any atom is 0.289 e. The van der Waals surface area contributed by atoms with Crippen LogP contribution >= 0.6 is 15.9 Å². The predicted molar refractivity (Wildman–Crippen MR) is 92.9 cm³/mol. The van der Waals surface area contributed by atoms with E-state index >= 15 is 0 Å². The molecule has 1 aromatic carbocycles. The third kappa shape index (κ3) is 3.66. The van der Waals surface area contributed by atoms with Crippen LogP contribution < -0.4 is 4.74 Å². The average molecular weight is 390 g/mol. The molecule has 0 unspecified atom stereocenters. The zero-order chi connectivity index (χ0) is 17.9. The highest BCUT2D eigenvalue weighted by Gasteiger charge is 2.16. The van der Waals surface area contributed by atoms with Crippen LogP contribution in [-0.4, -0.2) is 27.4 Å². The lowest BCUT2D eigenvalue weighted by atomic mass is 10.1. The Hall–Kier alpha value is -2.59. The number of aromatic nitrogens is 2. The van der Waals surface area contributed by atoms with E-state index in [4.69, 9.17) is 4.74 Å². The topological polar surface area (TPSA) is 88.1 Å². The van der Waals surface area contributed by atoms with E-state index in [0.29, 0.717) is 28.0 Å². The number of rotatable bonds is 4. The average Bonchev–Trinajstić information content (AvgIpc) is 2.87. The number of phenolic OH excluding ortho intramolecular Hbond substituents is 1. The Morgan fingerprint density at radius 2 is 2.17 bits per heavy atom. The first-order valence-electron chi connectivity index (χ1n) is 7.22. The second-order valence-electron chi connectivity index (χ2n) is 5.10. The first kappa shape index (κ1) is 17.8. The SMILES string of the molecule is CCOc1cc(/C=C(\C#N)C(=O)n2nc(C)cc2C)cc(Br)c1O. The molecule has 0 spiro atoms. The van der Waals surface area contributed by atoms with E-state index < -0.39 is 5.91 Å². The molecule has 0 radical (unpaired) electrons. The lowest BCUT2D eigenvalue weighted by molar-refractivity contribution is 0.0943. The summed E-state index contributed by atoms with van der Waals surface area (Å²) in [5, 5.41) is 23.4. The minimum atomic E-state index is -0.509. The summed E-state index contributed by atoms with van der Waals surface area (Å²) in [7, 11) is 0. The molecule has 0 aliphatic heterocycles. The van der Waals surface area contributed by atoms with Crippen LogP contribution in [0.15, 0.2) is 28.2 Å². The van der Waals surface area contributed by atoms with E-state index in [1.807, 2.05) is 6.07 Å². The van der Waals surface area contributed by atoms with Crippen molar-refractivity contribution in [2.75, 3.05) is 6.61 Å². The van der Waals surface area contributed by atoms with Crippen LogP contribution in [0.25, 0.3) is 6.08 Å². The van der Waals surface area contributed by atoms with E-state index in [1.165, 1.54) is 10.8 Å². The number of hydrogen-bond acceptors (Lipinski definition) is 5. The molecule has 0 aliphatic rings. The summed E-state index contributed by atoms with van der Waals surface area (Å²) in [6, 6.07) is 6.83. The molecule has 0 saturated heterocycles. The van der Waals surface area contributed by atoms with Gasteiger partial charge < -0.3 is 9.84 Å². The number of aryl methyl sites for hydroxylation is 2. The van der Waals surface area contributed by atoms with Gasteiger partial charge in [0.25, 0.3) is 5.91 Å². The van der Waals surface area contributed by atoms with Crippen LogP contribution in [0.1, 0.15) is 28.7 Å². The number of aromatic hydroxyl groups is 1. The fourth-order valence-corrected chi connectivity index (χ4v) is 2.66. The van der Waals surface area contributed by atoms with Gasteiger partial charge in [0.1, 0.15) is 11.6 Å². The molecule has 1 heterocycles. The van der Waals surface area contributed by atoms with Gasteiger partial charge in [-0.3, -0.25) is 4.79 Å². The Bertz CT molecular complexity index is 863. The third-order valence-corrected chi connectivity index (χ3v) is 3.82. The van der Waals surface area contributed by atoms with Crippen LogP contribution in [0, 0.1) is 25.2 Å². The summed E-state index contributed by atoms with van der Waals surface area (Å²) in [6.45, 7) is 5.70. The standard InChI is InChI=1S/C17H16BrN3O3/c1-4-24-15-8-12(7-14(18)16(15)22)6-13(9-19)17(23)21-11(3)5-10(2)20-21/h5-8,22H,4H2,1-3H3/b13-6+. The zero-order valence-corrected chi connectivity index (χ0v) is 15.1. The fourth-order valence-electron chi connectivity index (χ4n) is 2.20. The zero-order valence-electron chi connectivity index (χ0n) is 13.5. The van der Waals surface area contributed by atoms with Crippen molar-refractivity contribution in [3.8, 4) is 17.6 Å². The molecule has 0 aliphatic carbocycles. The smallest absolute Gasteiger partial charge is 0.289 e. The third-order valence-electron chi connectivity index (χ3n) is 3.21. The Labute approximate surface area is 148 Å². The van der Waals surface area contributed by atoms with Gasteiger partial charge in [-0.25, -0.2) is 4.68 Å². The molecule has 2 aromatic rings. The van der Waals surface area contributed by atoms with Gasteiger partial charge in [0.05, 0.1) is 16.8 Å². The largest absolute Gasteiger partial charge is 0.503 e. The second-order valence-corrected chi connectivity index (χ2v) is 5.95. The lowest BCUT2D eigenvalue weighted by Gasteiger charge is -2.09. The van der Waals surface area contributed by atoms with E-state index in [-0.39, 0.29) is 17.1 Å². The minimum Gasteiger partial charge on any atom is -0.503 e. The molecule has 24 heavy (non-hydrogen) atoms. The number of carbonyl (C=O) groups excluding carboxylic acids is 1. The van der Waals surface area contributed by atoms with E-state index in [0.717, 1.165) is 0 Å². The number of hydrogen-bond donors (Lipinski definition) is 1. The van der Waals surface area contributed by atoms with Crippen LogP contribution in [-0.2, 0) is 0 Å². The number of benzene rings is 1. The van der Waals surface area contributed by atoms with Crippen LogP contribution in [0.5, 0.6) is 11.5 Å². The summed E-state index contributed by atoms with van der Waals surface area (Å²) < 4.78 is 6.96. The molecule has 0 saturated carbocycles. The molecule has 2 rings (SSSR count). The number of ether oxygens (including phenoxy) is 1. The molecule has 0 fully saturated rings. The normalized spacial score (nSPS) is 11.2. The quantitative estimate of drug-likeness (QED) is 0.637. The molecule has 1 N–H and O–H groups in total. The van der Waals surface area contributed by atoms with Crippen molar-refractivity contribution in [3.63, 3.8) is 0 Å². The molecular weight excluding hydrogens is 374 g/mol. The number of phenols is 1. The highest BCUT2D eigenvalue weighted by atomic mass is 79.9. The second kappa shape index (κ2) is 7.32. The number of allylic oxidation sites excluding steroid dienone is 1. The Balaban J connectivity index is 2.46. The molecule has 0 atom stereocenters. The molecule has 0 amide bonds. The van der Waals surface area contributed by atoms with Gasteiger partial charge in [-0.1, -0.05) is 0 Å². The van der Waals surface area contributed by atoms with Gasteiger partial charge in [-0.2, -0.15) is 10.4 Å². The molecule has 0 bridgehead atoms. The van der Waals surface area contributed by atoms with Gasteiger partial charge in [0.15, 0.2) is 11.5 Å². The van der Waals surface area contributed by atoms with Crippen molar-refractivity contribution in [2.45, 2.75) is 20.8 Å². The summed E-state index contributed by atoms with van der Waals surface area (Å²) in [5.74, 6) is -0.267. The summed E-state index contributed by atoms with van der Waals surface area (Å²) in [6.07, 6.45) is 1.44. The van der Waals surface area contributed by atoms with E-state index in [2.05, 4.69) is 21.0 Å². The highest BCUT2D eigenvalue weighted by molar-refractivity contribution is 9.10. The first-order chi connectivity index (χ1) is 11.4. The van der Waals surface area contributed by atoms with Crippen molar-refractivity contribution in [3.05, 3.63) is 45.2 Å². The van der Waals surface area contributed by atoms with Crippen molar-refractivity contribution in [2.24, 2.45) is 0 Å². The van der Waals surface area contributed by atoms with Crippen LogP contribution in [0.4, 0.5) is 0 Å². The minimum absolute atomic E-state index is 0.0302. The van der Waals surface area contributed by atoms with Gasteiger partial charge in [0.2, 0.25) is 0 Å². The van der Waals surface area contributed by atoms with Crippen LogP contribution in [0.3, 0.4) is 0 Å². The maximum absolute atomic E-state index is 12.5. The molecular formula is C17H16BrN3O3. The van der Waals surface area contributed by atoms with Crippen molar-refractivity contribution >= 4 is 27.9 Å². The summed E-state index contributed by atoms with van der Waals surface area (Å²) >= 11 is 3.23. The van der Waals surface area contributed by atoms with E-state index in [1.54, 1.807) is 39.0 Å². The number of nitrogens with zero attached hydrogens (tertiary/aromatic N) is 3. The number of carbonyl (C=O) groups is 1. The van der Waals surface area contributed by atoms with Gasteiger partial charge >= 0.3 is 0 Å². The monoisotopic (exact) mass is 389 g/mol. The van der Waals surface area contributed by atoms with Crippen molar-refractivity contribution in [1.29, 1.82) is 5.26 Å².